The molecule has 0 spiro atoms. The molecule has 1 aromatic heterocycles. The lowest BCUT2D eigenvalue weighted by molar-refractivity contribution is 0.369. The first-order chi connectivity index (χ1) is 8.18. The third-order valence-electron chi connectivity index (χ3n) is 3.54. The third kappa shape index (κ3) is 3.76. The zero-order valence-electron chi connectivity index (χ0n) is 9.72. The number of hydrogen-bond donors (Lipinski definition) is 0. The van der Waals surface area contributed by atoms with E-state index in [0.717, 1.165) is 14.2 Å². The van der Waals surface area contributed by atoms with E-state index in [4.69, 9.17) is 34.8 Å². The second-order valence-corrected chi connectivity index (χ2v) is 7.54. The van der Waals surface area contributed by atoms with Crippen LogP contribution in [0.4, 0.5) is 0 Å². The van der Waals surface area contributed by atoms with Gasteiger partial charge in [-0.1, -0.05) is 55.3 Å². The summed E-state index contributed by atoms with van der Waals surface area (Å²) in [6, 6.07) is 1.94. The summed E-state index contributed by atoms with van der Waals surface area (Å²) >= 11 is 20.2. The number of halogens is 3. The van der Waals surface area contributed by atoms with Crippen molar-refractivity contribution >= 4 is 46.1 Å². The molecule has 0 aliphatic heterocycles. The van der Waals surface area contributed by atoms with Crippen LogP contribution < -0.4 is 0 Å². The summed E-state index contributed by atoms with van der Waals surface area (Å²) in [4.78, 5) is 0. The first-order valence-electron chi connectivity index (χ1n) is 6.27. The topological polar surface area (TPSA) is 0 Å². The van der Waals surface area contributed by atoms with Gasteiger partial charge in [-0.25, -0.2) is 0 Å². The van der Waals surface area contributed by atoms with Crippen LogP contribution in [0.15, 0.2) is 6.07 Å². The van der Waals surface area contributed by atoms with Gasteiger partial charge in [-0.3, -0.25) is 0 Å². The second kappa shape index (κ2) is 6.65. The van der Waals surface area contributed by atoms with Crippen LogP contribution in [0.5, 0.6) is 0 Å². The SMILES string of the molecule is Clc1cc(C(Cl)C2CCCCCCC2)c(Cl)s1. The van der Waals surface area contributed by atoms with Gasteiger partial charge < -0.3 is 0 Å². The molecule has 0 radical (unpaired) electrons. The van der Waals surface area contributed by atoms with Gasteiger partial charge in [0.1, 0.15) is 0 Å². The molecule has 0 amide bonds. The molecule has 1 saturated carbocycles. The molecule has 0 bridgehead atoms. The van der Waals surface area contributed by atoms with Crippen molar-refractivity contribution in [3.63, 3.8) is 0 Å². The molecule has 1 unspecified atom stereocenters. The molecule has 2 rings (SSSR count). The maximum absolute atomic E-state index is 6.59. The van der Waals surface area contributed by atoms with E-state index in [0.29, 0.717) is 5.92 Å². The Bertz CT molecular complexity index is 354. The van der Waals surface area contributed by atoms with Crippen molar-refractivity contribution < 1.29 is 0 Å². The van der Waals surface area contributed by atoms with Crippen molar-refractivity contribution in [3.8, 4) is 0 Å². The van der Waals surface area contributed by atoms with E-state index in [9.17, 15) is 0 Å². The van der Waals surface area contributed by atoms with E-state index >= 15 is 0 Å². The molecular weight excluding hydrogens is 295 g/mol. The highest BCUT2D eigenvalue weighted by molar-refractivity contribution is 7.20. The largest absolute Gasteiger partial charge is 0.117 e. The highest BCUT2D eigenvalue weighted by Gasteiger charge is 2.24. The summed E-state index contributed by atoms with van der Waals surface area (Å²) in [7, 11) is 0. The van der Waals surface area contributed by atoms with Gasteiger partial charge in [0, 0.05) is 5.56 Å². The van der Waals surface area contributed by atoms with Crippen molar-refractivity contribution in [1.29, 1.82) is 0 Å². The van der Waals surface area contributed by atoms with Crippen molar-refractivity contribution in [2.45, 2.75) is 50.3 Å². The predicted molar refractivity (Wildman–Crippen MR) is 78.7 cm³/mol. The normalized spacial score (nSPS) is 20.9. The van der Waals surface area contributed by atoms with Gasteiger partial charge in [0.2, 0.25) is 0 Å². The fourth-order valence-corrected chi connectivity index (χ4v) is 4.67. The molecule has 0 N–H and O–H groups in total. The number of alkyl halides is 1. The number of thiophene rings is 1. The quantitative estimate of drug-likeness (QED) is 0.533. The lowest BCUT2D eigenvalue weighted by Crippen LogP contribution is -2.10. The maximum atomic E-state index is 6.59. The molecule has 1 heterocycles. The van der Waals surface area contributed by atoms with Gasteiger partial charge in [0.25, 0.3) is 0 Å². The standard InChI is InChI=1S/C13H17Cl3S/c14-11-8-10(13(16)17-11)12(15)9-6-4-2-1-3-5-7-9/h8-9,12H,1-7H2. The lowest BCUT2D eigenvalue weighted by Gasteiger charge is -2.24. The Balaban J connectivity index is 2.06. The van der Waals surface area contributed by atoms with Crippen molar-refractivity contribution in [1.82, 2.24) is 0 Å². The van der Waals surface area contributed by atoms with E-state index < -0.39 is 0 Å². The van der Waals surface area contributed by atoms with E-state index in [-0.39, 0.29) is 5.38 Å². The van der Waals surface area contributed by atoms with Crippen LogP contribution in [-0.4, -0.2) is 0 Å². The van der Waals surface area contributed by atoms with Gasteiger partial charge in [0.05, 0.1) is 14.0 Å². The van der Waals surface area contributed by atoms with Crippen LogP contribution in [0.3, 0.4) is 0 Å². The Labute approximate surface area is 122 Å². The fourth-order valence-electron chi connectivity index (χ4n) is 2.58. The number of rotatable bonds is 2. The van der Waals surface area contributed by atoms with Gasteiger partial charge in [-0.05, 0) is 24.8 Å². The number of hydrogen-bond acceptors (Lipinski definition) is 1. The molecular formula is C13H17Cl3S. The van der Waals surface area contributed by atoms with Gasteiger partial charge in [0.15, 0.2) is 0 Å². The summed E-state index contributed by atoms with van der Waals surface area (Å²) in [6.45, 7) is 0. The maximum Gasteiger partial charge on any atom is 0.0991 e. The average molecular weight is 312 g/mol. The van der Waals surface area contributed by atoms with Crippen molar-refractivity contribution in [2.75, 3.05) is 0 Å². The van der Waals surface area contributed by atoms with Gasteiger partial charge in [-0.15, -0.1) is 22.9 Å². The molecule has 0 aromatic carbocycles. The Kier molecular flexibility index (Phi) is 5.48. The van der Waals surface area contributed by atoms with E-state index in [2.05, 4.69) is 0 Å². The minimum absolute atomic E-state index is 0.0318. The zero-order chi connectivity index (χ0) is 12.3. The van der Waals surface area contributed by atoms with Crippen LogP contribution in [0.2, 0.25) is 8.67 Å². The molecule has 4 heteroatoms. The Morgan fingerprint density at radius 1 is 1.06 bits per heavy atom. The molecule has 0 saturated heterocycles. The zero-order valence-corrected chi connectivity index (χ0v) is 12.8. The summed E-state index contributed by atoms with van der Waals surface area (Å²) < 4.78 is 1.50. The Hall–Kier alpha value is 0.570. The van der Waals surface area contributed by atoms with Crippen molar-refractivity contribution in [3.05, 3.63) is 20.3 Å². The lowest BCUT2D eigenvalue weighted by atomic mass is 9.87. The van der Waals surface area contributed by atoms with E-state index in [1.54, 1.807) is 0 Å². The Morgan fingerprint density at radius 2 is 1.65 bits per heavy atom. The van der Waals surface area contributed by atoms with Gasteiger partial charge in [-0.2, -0.15) is 0 Å². The Morgan fingerprint density at radius 3 is 2.18 bits per heavy atom. The van der Waals surface area contributed by atoms with Crippen LogP contribution in [0, 0.1) is 5.92 Å². The fraction of sp³-hybridized carbons (Fsp3) is 0.692. The van der Waals surface area contributed by atoms with Crippen molar-refractivity contribution in [2.24, 2.45) is 5.92 Å². The monoisotopic (exact) mass is 310 g/mol. The molecule has 1 aliphatic carbocycles. The van der Waals surface area contributed by atoms with Gasteiger partial charge >= 0.3 is 0 Å². The predicted octanol–water partition coefficient (Wildman–Crippen LogP) is 6.70. The van der Waals surface area contributed by atoms with Crippen LogP contribution in [0.25, 0.3) is 0 Å². The summed E-state index contributed by atoms with van der Waals surface area (Å²) in [5, 5.41) is 0.0318. The summed E-state index contributed by atoms with van der Waals surface area (Å²) in [5.74, 6) is 0.556. The average Bonchev–Trinajstić information content (AvgIpc) is 2.56. The molecule has 1 atom stereocenters. The third-order valence-corrected chi connectivity index (χ3v) is 5.65. The van der Waals surface area contributed by atoms with Crippen LogP contribution >= 0.6 is 46.1 Å². The minimum atomic E-state index is 0.0318. The molecule has 1 fully saturated rings. The molecule has 96 valence electrons. The first kappa shape index (κ1) is 14.0. The van der Waals surface area contributed by atoms with E-state index in [1.807, 2.05) is 6.07 Å². The van der Waals surface area contributed by atoms with E-state index in [1.165, 1.54) is 56.3 Å². The van der Waals surface area contributed by atoms with Crippen LogP contribution in [-0.2, 0) is 0 Å². The molecule has 1 aliphatic rings. The highest BCUT2D eigenvalue weighted by atomic mass is 35.5. The minimum Gasteiger partial charge on any atom is -0.117 e. The van der Waals surface area contributed by atoms with Crippen LogP contribution in [0.1, 0.15) is 55.9 Å². The molecule has 17 heavy (non-hydrogen) atoms. The smallest absolute Gasteiger partial charge is 0.0991 e. The first-order valence-corrected chi connectivity index (χ1v) is 8.28. The molecule has 0 nitrogen and oxygen atoms in total. The second-order valence-electron chi connectivity index (χ2n) is 4.79. The summed E-state index contributed by atoms with van der Waals surface area (Å²) in [6.07, 6.45) is 9.10. The highest BCUT2D eigenvalue weighted by Crippen LogP contribution is 2.44. The summed E-state index contributed by atoms with van der Waals surface area (Å²) in [5.41, 5.74) is 1.04. The molecule has 1 aromatic rings.